The quantitative estimate of drug-likeness (QED) is 0.386. The van der Waals surface area contributed by atoms with Gasteiger partial charge in [-0.25, -0.2) is 5.11 Å². The van der Waals surface area contributed by atoms with Crippen molar-refractivity contribution in [2.24, 2.45) is 0 Å². The second-order valence-electron chi connectivity index (χ2n) is 1.25. The molecule has 0 fully saturated rings. The van der Waals surface area contributed by atoms with E-state index >= 15 is 0 Å². The molecule has 0 unspecified atom stereocenters. The number of rotatable bonds is 4. The van der Waals surface area contributed by atoms with E-state index in [2.05, 4.69) is 0 Å². The molecule has 0 rings (SSSR count). The van der Waals surface area contributed by atoms with Crippen LogP contribution in [0.1, 0.15) is 13.3 Å². The fourth-order valence-corrected chi connectivity index (χ4v) is 0.305. The summed E-state index contributed by atoms with van der Waals surface area (Å²) in [6.07, 6.45) is 0.647. The monoisotopic (exact) mass is 129 g/mol. The third kappa shape index (κ3) is 9.84. The summed E-state index contributed by atoms with van der Waals surface area (Å²) < 4.78 is 4.87. The van der Waals surface area contributed by atoms with E-state index in [0.717, 1.165) is 6.61 Å². The molecule has 1 radical (unpaired) electrons. The molecule has 0 aromatic heterocycles. The van der Waals surface area contributed by atoms with E-state index in [1.165, 1.54) is 0 Å². The van der Waals surface area contributed by atoms with Crippen LogP contribution in [0.5, 0.6) is 0 Å². The Morgan fingerprint density at radius 3 is 2.50 bits per heavy atom. The highest BCUT2D eigenvalue weighted by molar-refractivity contribution is 5.75. The van der Waals surface area contributed by atoms with Crippen LogP contribution < -0.4 is 0 Å². The molecular formula is C5H13MgO2. The van der Waals surface area contributed by atoms with Gasteiger partial charge in [0.25, 0.3) is 0 Å². The first-order chi connectivity index (χ1) is 3.41. The van der Waals surface area contributed by atoms with Crippen molar-refractivity contribution in [3.05, 3.63) is 0 Å². The van der Waals surface area contributed by atoms with E-state index in [1.54, 1.807) is 0 Å². The van der Waals surface area contributed by atoms with Gasteiger partial charge in [0.1, 0.15) is 0 Å². The van der Waals surface area contributed by atoms with Gasteiger partial charge in [0.05, 0.1) is 6.61 Å². The summed E-state index contributed by atoms with van der Waals surface area (Å²) in [5, 5.41) is 9.72. The Labute approximate surface area is 66.4 Å². The van der Waals surface area contributed by atoms with Crippen LogP contribution in [-0.4, -0.2) is 42.9 Å². The first-order valence-corrected chi connectivity index (χ1v) is 2.57. The molecule has 0 aliphatic rings. The topological polar surface area (TPSA) is 29.1 Å². The first-order valence-electron chi connectivity index (χ1n) is 2.57. The van der Waals surface area contributed by atoms with Crippen molar-refractivity contribution >= 4 is 23.1 Å². The second kappa shape index (κ2) is 10.6. The van der Waals surface area contributed by atoms with Gasteiger partial charge in [-0.15, -0.1) is 0 Å². The minimum atomic E-state index is -0.0139. The molecule has 0 bridgehead atoms. The minimum absolute atomic E-state index is 0. The molecule has 2 nitrogen and oxygen atoms in total. The Hall–Kier alpha value is 0.686. The zero-order chi connectivity index (χ0) is 5.54. The molecule has 47 valence electrons. The lowest BCUT2D eigenvalue weighted by Gasteiger charge is -1.93. The maximum atomic E-state index is 9.72. The average molecular weight is 129 g/mol. The van der Waals surface area contributed by atoms with Gasteiger partial charge in [-0.1, -0.05) is 0 Å². The van der Waals surface area contributed by atoms with Gasteiger partial charge in [-0.3, -0.25) is 0 Å². The first kappa shape index (κ1) is 11.5. The highest BCUT2D eigenvalue weighted by atomic mass is 24.3. The maximum absolute atomic E-state index is 9.72. The minimum Gasteiger partial charge on any atom is -0.382 e. The highest BCUT2D eigenvalue weighted by Crippen LogP contribution is 1.77. The predicted octanol–water partition coefficient (Wildman–Crippen LogP) is -0.0727. The van der Waals surface area contributed by atoms with Gasteiger partial charge in [-0.05, 0) is 13.3 Å². The molecule has 0 atom stereocenters. The van der Waals surface area contributed by atoms with E-state index < -0.39 is 0 Å². The Kier molecular flexibility index (Phi) is 15.2. The maximum Gasteiger partial charge on any atom is 0.316 e. The predicted molar refractivity (Wildman–Crippen MR) is 35.2 cm³/mol. The van der Waals surface area contributed by atoms with E-state index in [4.69, 9.17) is 4.74 Å². The Bertz CT molecular complexity index is 29.6. The van der Waals surface area contributed by atoms with Gasteiger partial charge in [0, 0.05) is 13.2 Å². The van der Waals surface area contributed by atoms with Crippen LogP contribution in [-0.2, 0) is 9.84 Å². The summed E-state index contributed by atoms with van der Waals surface area (Å²) in [4.78, 5) is 0. The Balaban J connectivity index is 0. The van der Waals surface area contributed by atoms with Crippen LogP contribution in [0.25, 0.3) is 0 Å². The highest BCUT2D eigenvalue weighted by Gasteiger charge is 1.80. The normalized spacial score (nSPS) is 8.25. The molecule has 0 aliphatic carbocycles. The van der Waals surface area contributed by atoms with Crippen LogP contribution in [0.15, 0.2) is 0 Å². The summed E-state index contributed by atoms with van der Waals surface area (Å²) in [6, 6.07) is 0. The fourth-order valence-electron chi connectivity index (χ4n) is 0.305. The molecule has 0 heterocycles. The Morgan fingerprint density at radius 1 is 1.50 bits per heavy atom. The third-order valence-electron chi connectivity index (χ3n) is 0.637. The SMILES string of the molecule is CCOCCC[O].[MgH2]. The van der Waals surface area contributed by atoms with Crippen molar-refractivity contribution in [1.82, 2.24) is 0 Å². The van der Waals surface area contributed by atoms with Crippen molar-refractivity contribution in [2.75, 3.05) is 19.8 Å². The van der Waals surface area contributed by atoms with Gasteiger partial charge in [0.2, 0.25) is 0 Å². The summed E-state index contributed by atoms with van der Waals surface area (Å²) in [7, 11) is 0. The second-order valence-corrected chi connectivity index (χ2v) is 1.25. The van der Waals surface area contributed by atoms with Crippen molar-refractivity contribution in [2.45, 2.75) is 13.3 Å². The molecule has 0 N–H and O–H groups in total. The molecular weight excluding hydrogens is 116 g/mol. The van der Waals surface area contributed by atoms with Crippen molar-refractivity contribution in [3.8, 4) is 0 Å². The van der Waals surface area contributed by atoms with E-state index in [1.807, 2.05) is 6.92 Å². The van der Waals surface area contributed by atoms with Gasteiger partial charge in [0.15, 0.2) is 0 Å². The van der Waals surface area contributed by atoms with Crippen molar-refractivity contribution < 1.29 is 9.84 Å². The van der Waals surface area contributed by atoms with Gasteiger partial charge >= 0.3 is 23.1 Å². The molecule has 0 aromatic carbocycles. The molecule has 0 aliphatic heterocycles. The lowest BCUT2D eigenvalue weighted by molar-refractivity contribution is 0.107. The average Bonchev–Trinajstić information content (AvgIpc) is 1.69. The zero-order valence-corrected chi connectivity index (χ0v) is 4.64. The molecule has 0 saturated heterocycles. The molecule has 0 aromatic rings. The van der Waals surface area contributed by atoms with Crippen LogP contribution >= 0.6 is 0 Å². The number of ether oxygens (including phenoxy) is 1. The zero-order valence-electron chi connectivity index (χ0n) is 4.64. The summed E-state index contributed by atoms with van der Waals surface area (Å²) in [6.45, 7) is 3.25. The third-order valence-corrected chi connectivity index (χ3v) is 0.637. The lowest BCUT2D eigenvalue weighted by atomic mass is 10.5. The van der Waals surface area contributed by atoms with Gasteiger partial charge in [-0.2, -0.15) is 0 Å². The molecule has 8 heavy (non-hydrogen) atoms. The van der Waals surface area contributed by atoms with Crippen LogP contribution in [0.4, 0.5) is 0 Å². The summed E-state index contributed by atoms with van der Waals surface area (Å²) >= 11 is 0. The van der Waals surface area contributed by atoms with Crippen molar-refractivity contribution in [3.63, 3.8) is 0 Å². The van der Waals surface area contributed by atoms with E-state index in [0.29, 0.717) is 13.0 Å². The molecule has 3 heteroatoms. The molecule has 0 amide bonds. The summed E-state index contributed by atoms with van der Waals surface area (Å²) in [5.74, 6) is 0. The fraction of sp³-hybridized carbons (Fsp3) is 1.00. The Morgan fingerprint density at radius 2 is 2.12 bits per heavy atom. The molecule has 0 spiro atoms. The van der Waals surface area contributed by atoms with Gasteiger partial charge < -0.3 is 4.74 Å². The lowest BCUT2D eigenvalue weighted by Crippen LogP contribution is -1.94. The number of hydrogen-bond donors (Lipinski definition) is 0. The smallest absolute Gasteiger partial charge is 0.316 e. The largest absolute Gasteiger partial charge is 0.382 e. The van der Waals surface area contributed by atoms with Crippen LogP contribution in [0.2, 0.25) is 0 Å². The van der Waals surface area contributed by atoms with Crippen LogP contribution in [0.3, 0.4) is 0 Å². The standard InChI is InChI=1S/C5H11O2.Mg.2H/c1-2-7-5-3-4-6;;;/h2-5H2,1H3;;;. The van der Waals surface area contributed by atoms with E-state index in [9.17, 15) is 5.11 Å². The van der Waals surface area contributed by atoms with E-state index in [-0.39, 0.29) is 29.7 Å². The number of hydrogen-bond acceptors (Lipinski definition) is 1. The van der Waals surface area contributed by atoms with Crippen molar-refractivity contribution in [1.29, 1.82) is 0 Å². The van der Waals surface area contributed by atoms with Crippen LogP contribution in [0, 0.1) is 0 Å². The summed E-state index contributed by atoms with van der Waals surface area (Å²) in [5.41, 5.74) is 0. The molecule has 0 saturated carbocycles.